The summed E-state index contributed by atoms with van der Waals surface area (Å²) in [4.78, 5) is 5.88. The molecule has 4 nitrogen and oxygen atoms in total. The Bertz CT molecular complexity index is 454. The Kier molecular flexibility index (Phi) is 3.97. The van der Waals surface area contributed by atoms with Crippen LogP contribution in [0.2, 0.25) is 0 Å². The van der Waals surface area contributed by atoms with E-state index >= 15 is 0 Å². The van der Waals surface area contributed by atoms with Gasteiger partial charge in [-0.15, -0.1) is 11.3 Å². The van der Waals surface area contributed by atoms with E-state index in [9.17, 15) is 0 Å². The number of aromatic nitrogens is 1. The number of fused-ring (bicyclic) bond motifs is 1. The number of nitrogens with one attached hydrogen (secondary N) is 1. The van der Waals surface area contributed by atoms with Crippen LogP contribution in [-0.4, -0.2) is 40.9 Å². The van der Waals surface area contributed by atoms with Gasteiger partial charge in [-0.1, -0.05) is 29.8 Å². The number of ether oxygens (including phenoxy) is 2. The highest BCUT2D eigenvalue weighted by atomic mass is 79.9. The summed E-state index contributed by atoms with van der Waals surface area (Å²) in [5, 5.41) is 3.41. The highest BCUT2D eigenvalue weighted by molar-refractivity contribution is 9.09. The number of hydrogen-bond donors (Lipinski definition) is 1. The molecule has 1 N–H and O–H groups in total. The van der Waals surface area contributed by atoms with Crippen molar-refractivity contribution in [3.05, 3.63) is 16.1 Å². The molecule has 3 unspecified atom stereocenters. The zero-order chi connectivity index (χ0) is 13.5. The van der Waals surface area contributed by atoms with Crippen molar-refractivity contribution in [2.45, 2.75) is 49.4 Å². The van der Waals surface area contributed by atoms with E-state index in [1.54, 1.807) is 11.3 Å². The van der Waals surface area contributed by atoms with Crippen molar-refractivity contribution in [2.75, 3.05) is 13.2 Å². The van der Waals surface area contributed by atoms with Gasteiger partial charge in [0.2, 0.25) is 0 Å². The van der Waals surface area contributed by atoms with Gasteiger partial charge in [-0.25, -0.2) is 4.98 Å². The first-order valence-electron chi connectivity index (χ1n) is 6.69. The fraction of sp³-hybridized carbons (Fsp3) is 0.769. The molecule has 19 heavy (non-hydrogen) atoms. The van der Waals surface area contributed by atoms with Gasteiger partial charge >= 0.3 is 0 Å². The Balaban J connectivity index is 1.68. The van der Waals surface area contributed by atoms with Gasteiger partial charge in [0.25, 0.3) is 0 Å². The molecule has 6 heteroatoms. The van der Waals surface area contributed by atoms with Crippen molar-refractivity contribution in [3.8, 4) is 0 Å². The highest BCUT2D eigenvalue weighted by Gasteiger charge is 2.50. The summed E-state index contributed by atoms with van der Waals surface area (Å²) in [5.74, 6) is -0.497. The van der Waals surface area contributed by atoms with E-state index in [0.29, 0.717) is 12.6 Å². The van der Waals surface area contributed by atoms with E-state index in [0.717, 1.165) is 19.4 Å². The third kappa shape index (κ3) is 2.74. The van der Waals surface area contributed by atoms with Gasteiger partial charge in [0, 0.05) is 30.3 Å². The molecule has 1 saturated heterocycles. The molecule has 1 aromatic rings. The minimum atomic E-state index is -0.497. The summed E-state index contributed by atoms with van der Waals surface area (Å²) < 4.78 is 12.3. The molecule has 1 aliphatic heterocycles. The van der Waals surface area contributed by atoms with Gasteiger partial charge < -0.3 is 14.8 Å². The van der Waals surface area contributed by atoms with E-state index in [1.807, 2.05) is 5.51 Å². The van der Waals surface area contributed by atoms with Crippen molar-refractivity contribution in [1.82, 2.24) is 10.3 Å². The normalized spacial score (nSPS) is 34.1. The molecule has 3 atom stereocenters. The lowest BCUT2D eigenvalue weighted by atomic mass is 9.96. The van der Waals surface area contributed by atoms with Gasteiger partial charge in [-0.05, 0) is 0 Å². The van der Waals surface area contributed by atoms with E-state index in [4.69, 9.17) is 9.47 Å². The van der Waals surface area contributed by atoms with E-state index < -0.39 is 5.79 Å². The minimum Gasteiger partial charge on any atom is -0.346 e. The first-order chi connectivity index (χ1) is 9.09. The summed E-state index contributed by atoms with van der Waals surface area (Å²) in [7, 11) is 0. The molecule has 0 bridgehead atoms. The number of alkyl halides is 1. The number of thiazole rings is 1. The van der Waals surface area contributed by atoms with Gasteiger partial charge in [-0.3, -0.25) is 0 Å². The van der Waals surface area contributed by atoms with Crippen LogP contribution < -0.4 is 5.32 Å². The predicted molar refractivity (Wildman–Crippen MR) is 78.9 cm³/mol. The Morgan fingerprint density at radius 1 is 1.63 bits per heavy atom. The van der Waals surface area contributed by atoms with E-state index in [1.165, 1.54) is 10.6 Å². The second-order valence-electron chi connectivity index (χ2n) is 5.50. The Morgan fingerprint density at radius 3 is 3.26 bits per heavy atom. The van der Waals surface area contributed by atoms with Crippen LogP contribution in [0.25, 0.3) is 0 Å². The maximum atomic E-state index is 6.23. The maximum Gasteiger partial charge on any atom is 0.186 e. The highest BCUT2D eigenvalue weighted by Crippen LogP contribution is 2.41. The van der Waals surface area contributed by atoms with Crippen molar-refractivity contribution < 1.29 is 9.47 Å². The fourth-order valence-corrected chi connectivity index (χ4v) is 4.14. The number of halogens is 1. The van der Waals surface area contributed by atoms with Crippen molar-refractivity contribution in [1.29, 1.82) is 0 Å². The minimum absolute atomic E-state index is 0.136. The van der Waals surface area contributed by atoms with Crippen LogP contribution in [0.15, 0.2) is 5.51 Å². The summed E-state index contributed by atoms with van der Waals surface area (Å²) in [6.45, 7) is 5.79. The topological polar surface area (TPSA) is 43.4 Å². The maximum absolute atomic E-state index is 6.23. The standard InChI is InChI=1S/C13H19BrN2O2S/c1-8(2)15-5-9-6-17-13(18-9)4-11-10(3-12(13)14)16-7-19-11/h7-9,12,15H,3-6H2,1-2H3. The summed E-state index contributed by atoms with van der Waals surface area (Å²) in [6, 6.07) is 0.472. The molecule has 0 aromatic carbocycles. The predicted octanol–water partition coefficient (Wildman–Crippen LogP) is 2.11. The summed E-state index contributed by atoms with van der Waals surface area (Å²) in [5.41, 5.74) is 3.10. The molecular formula is C13H19BrN2O2S. The quantitative estimate of drug-likeness (QED) is 0.851. The van der Waals surface area contributed by atoms with Gasteiger partial charge in [0.05, 0.1) is 28.7 Å². The van der Waals surface area contributed by atoms with Crippen LogP contribution >= 0.6 is 27.3 Å². The Hall–Kier alpha value is -0.0100. The molecule has 1 spiro atoms. The number of nitrogens with zero attached hydrogens (tertiary/aromatic N) is 1. The second-order valence-corrected chi connectivity index (χ2v) is 7.54. The second kappa shape index (κ2) is 5.41. The first-order valence-corrected chi connectivity index (χ1v) is 8.49. The summed E-state index contributed by atoms with van der Waals surface area (Å²) >= 11 is 5.43. The van der Waals surface area contributed by atoms with Crippen LogP contribution in [0.5, 0.6) is 0 Å². The zero-order valence-corrected chi connectivity index (χ0v) is 13.6. The Morgan fingerprint density at radius 2 is 2.47 bits per heavy atom. The van der Waals surface area contributed by atoms with Crippen molar-refractivity contribution in [2.24, 2.45) is 0 Å². The van der Waals surface area contributed by atoms with Crippen LogP contribution in [0.1, 0.15) is 24.4 Å². The fourth-order valence-electron chi connectivity index (χ4n) is 2.57. The lowest BCUT2D eigenvalue weighted by molar-refractivity contribution is -0.167. The largest absolute Gasteiger partial charge is 0.346 e. The lowest BCUT2D eigenvalue weighted by Gasteiger charge is -2.35. The number of hydrogen-bond acceptors (Lipinski definition) is 5. The average Bonchev–Trinajstić information content (AvgIpc) is 2.96. The van der Waals surface area contributed by atoms with Gasteiger partial charge in [0.1, 0.15) is 0 Å². The van der Waals surface area contributed by atoms with Crippen LogP contribution in [0.3, 0.4) is 0 Å². The van der Waals surface area contributed by atoms with E-state index in [2.05, 4.69) is 40.1 Å². The zero-order valence-electron chi connectivity index (χ0n) is 11.2. The van der Waals surface area contributed by atoms with Crippen LogP contribution in [0.4, 0.5) is 0 Å². The summed E-state index contributed by atoms with van der Waals surface area (Å²) in [6.07, 6.45) is 1.82. The molecule has 0 saturated carbocycles. The van der Waals surface area contributed by atoms with Crippen molar-refractivity contribution in [3.63, 3.8) is 0 Å². The van der Waals surface area contributed by atoms with Gasteiger partial charge in [-0.2, -0.15) is 0 Å². The molecule has 106 valence electrons. The molecule has 1 aromatic heterocycles. The molecule has 0 radical (unpaired) electrons. The van der Waals surface area contributed by atoms with Crippen LogP contribution in [0, 0.1) is 0 Å². The van der Waals surface area contributed by atoms with Crippen LogP contribution in [-0.2, 0) is 22.3 Å². The SMILES string of the molecule is CC(C)NCC1COC2(Cc3scnc3CC2Br)O1. The molecule has 1 fully saturated rings. The number of rotatable bonds is 3. The smallest absolute Gasteiger partial charge is 0.186 e. The van der Waals surface area contributed by atoms with E-state index in [-0.39, 0.29) is 10.9 Å². The van der Waals surface area contributed by atoms with Crippen molar-refractivity contribution >= 4 is 27.3 Å². The molecule has 0 amide bonds. The third-order valence-corrected chi connectivity index (χ3v) is 5.51. The first kappa shape index (κ1) is 13.9. The lowest BCUT2D eigenvalue weighted by Crippen LogP contribution is -2.47. The molecule has 3 rings (SSSR count). The van der Waals surface area contributed by atoms with Gasteiger partial charge in [0.15, 0.2) is 5.79 Å². The molecule has 2 aliphatic rings. The molecular weight excluding hydrogens is 328 g/mol. The monoisotopic (exact) mass is 346 g/mol. The molecule has 2 heterocycles. The third-order valence-electron chi connectivity index (χ3n) is 3.62. The molecule has 1 aliphatic carbocycles. The Labute approximate surface area is 126 Å². The average molecular weight is 347 g/mol.